The molecule has 0 aliphatic rings. The largest absolute Gasteiger partial charge is 0.507 e. The number of nitrogens with zero attached hydrogens (tertiary/aromatic N) is 1. The molecule has 0 heterocycles. The van der Waals surface area contributed by atoms with Crippen molar-refractivity contribution >= 4 is 21.9 Å². The summed E-state index contributed by atoms with van der Waals surface area (Å²) in [6.07, 6.45) is -0.213. The van der Waals surface area contributed by atoms with Crippen LogP contribution in [0.5, 0.6) is 5.75 Å². The van der Waals surface area contributed by atoms with Crippen LogP contribution in [0.4, 0.5) is 0 Å². The van der Waals surface area contributed by atoms with Gasteiger partial charge in [0.1, 0.15) is 11.8 Å². The SMILES string of the molecule is N#Cc1cc(CC(=O)O)cc(O)c1Br. The Balaban J connectivity index is 3.18. The van der Waals surface area contributed by atoms with E-state index >= 15 is 0 Å². The summed E-state index contributed by atoms with van der Waals surface area (Å²) in [5.74, 6) is -1.13. The number of carbonyl (C=O) groups is 1. The van der Waals surface area contributed by atoms with Gasteiger partial charge in [0.15, 0.2) is 0 Å². The summed E-state index contributed by atoms with van der Waals surface area (Å²) in [7, 11) is 0. The normalized spacial score (nSPS) is 9.43. The minimum absolute atomic E-state index is 0.125. The first kappa shape index (κ1) is 10.5. The Kier molecular flexibility index (Phi) is 3.10. The molecule has 2 N–H and O–H groups in total. The lowest BCUT2D eigenvalue weighted by atomic mass is 10.1. The highest BCUT2D eigenvalue weighted by Crippen LogP contribution is 2.28. The van der Waals surface area contributed by atoms with Crippen molar-refractivity contribution in [2.24, 2.45) is 0 Å². The monoisotopic (exact) mass is 255 g/mol. The number of benzene rings is 1. The molecule has 0 saturated carbocycles. The molecule has 0 aliphatic carbocycles. The molecule has 0 radical (unpaired) electrons. The van der Waals surface area contributed by atoms with Crippen molar-refractivity contribution < 1.29 is 15.0 Å². The van der Waals surface area contributed by atoms with Gasteiger partial charge >= 0.3 is 5.97 Å². The standard InChI is InChI=1S/C9H6BrNO3/c10-9-6(4-11)1-5(2-7(9)12)3-8(13)14/h1-2,12H,3H2,(H,13,14). The number of hydrogen-bond acceptors (Lipinski definition) is 3. The van der Waals surface area contributed by atoms with Gasteiger partial charge in [0.2, 0.25) is 0 Å². The Morgan fingerprint density at radius 2 is 2.21 bits per heavy atom. The van der Waals surface area contributed by atoms with Gasteiger partial charge in [0, 0.05) is 0 Å². The molecule has 1 aromatic carbocycles. The maximum absolute atomic E-state index is 10.4. The molecule has 0 bridgehead atoms. The molecule has 4 nitrogen and oxygen atoms in total. The summed E-state index contributed by atoms with van der Waals surface area (Å²) in [5.41, 5.74) is 0.621. The highest BCUT2D eigenvalue weighted by Gasteiger charge is 2.09. The summed E-state index contributed by atoms with van der Waals surface area (Å²) in [6, 6.07) is 4.60. The van der Waals surface area contributed by atoms with Crippen LogP contribution in [0.3, 0.4) is 0 Å². The summed E-state index contributed by atoms with van der Waals surface area (Å²) in [5, 5.41) is 26.5. The quantitative estimate of drug-likeness (QED) is 0.842. The number of nitriles is 1. The van der Waals surface area contributed by atoms with Crippen molar-refractivity contribution in [2.75, 3.05) is 0 Å². The Hall–Kier alpha value is -1.54. The molecule has 1 rings (SSSR count). The van der Waals surface area contributed by atoms with E-state index in [1.807, 2.05) is 6.07 Å². The number of phenolic OH excluding ortho intramolecular Hbond substituents is 1. The highest BCUT2D eigenvalue weighted by molar-refractivity contribution is 9.10. The Labute approximate surface area is 88.5 Å². The molecule has 0 atom stereocenters. The molecule has 0 spiro atoms. The van der Waals surface area contributed by atoms with E-state index in [2.05, 4.69) is 15.9 Å². The van der Waals surface area contributed by atoms with Crippen LogP contribution in [-0.4, -0.2) is 16.2 Å². The minimum Gasteiger partial charge on any atom is -0.507 e. The lowest BCUT2D eigenvalue weighted by molar-refractivity contribution is -0.136. The van der Waals surface area contributed by atoms with Gasteiger partial charge in [-0.2, -0.15) is 5.26 Å². The van der Waals surface area contributed by atoms with Crippen LogP contribution in [-0.2, 0) is 11.2 Å². The van der Waals surface area contributed by atoms with Gasteiger partial charge in [-0.25, -0.2) is 0 Å². The van der Waals surface area contributed by atoms with Crippen LogP contribution in [0.15, 0.2) is 16.6 Å². The summed E-state index contributed by atoms with van der Waals surface area (Å²) < 4.78 is 0.286. The van der Waals surface area contributed by atoms with Crippen LogP contribution in [0.2, 0.25) is 0 Å². The lowest BCUT2D eigenvalue weighted by Gasteiger charge is -2.02. The number of carboxylic acid groups (broad SMARTS) is 1. The zero-order valence-corrected chi connectivity index (χ0v) is 8.58. The third-order valence-corrected chi connectivity index (χ3v) is 2.42. The average molecular weight is 256 g/mol. The van der Waals surface area contributed by atoms with Gasteiger partial charge in [-0.05, 0) is 33.6 Å². The van der Waals surface area contributed by atoms with E-state index in [4.69, 9.17) is 10.4 Å². The van der Waals surface area contributed by atoms with Crippen molar-refractivity contribution in [1.82, 2.24) is 0 Å². The third-order valence-electron chi connectivity index (χ3n) is 1.59. The number of rotatable bonds is 2. The first-order valence-corrected chi connectivity index (χ1v) is 4.47. The summed E-state index contributed by atoms with van der Waals surface area (Å²) in [4.78, 5) is 10.4. The number of phenols is 1. The molecule has 0 aliphatic heterocycles. The van der Waals surface area contributed by atoms with Gasteiger partial charge in [0.25, 0.3) is 0 Å². The minimum atomic E-state index is -1.00. The number of aromatic hydroxyl groups is 1. The third kappa shape index (κ3) is 2.24. The first-order valence-electron chi connectivity index (χ1n) is 3.68. The molecule has 0 fully saturated rings. The smallest absolute Gasteiger partial charge is 0.307 e. The van der Waals surface area contributed by atoms with E-state index in [0.717, 1.165) is 0 Å². The first-order chi connectivity index (χ1) is 6.54. The molecule has 1 aromatic rings. The molecular weight excluding hydrogens is 250 g/mol. The fourth-order valence-corrected chi connectivity index (χ4v) is 1.34. The van der Waals surface area contributed by atoms with Gasteiger partial charge in [-0.15, -0.1) is 0 Å². The number of carboxylic acids is 1. The molecule has 0 unspecified atom stereocenters. The zero-order valence-electron chi connectivity index (χ0n) is 6.99. The van der Waals surface area contributed by atoms with Crippen molar-refractivity contribution in [1.29, 1.82) is 5.26 Å². The predicted octanol–water partition coefficient (Wildman–Crippen LogP) is 1.65. The maximum atomic E-state index is 10.4. The second kappa shape index (κ2) is 4.11. The fraction of sp³-hybridized carbons (Fsp3) is 0.111. The van der Waals surface area contributed by atoms with Gasteiger partial charge < -0.3 is 10.2 Å². The van der Waals surface area contributed by atoms with Crippen molar-refractivity contribution in [3.05, 3.63) is 27.7 Å². The molecule has 0 amide bonds. The molecule has 0 aromatic heterocycles. The molecular formula is C9H6BrNO3. The average Bonchev–Trinajstić information content (AvgIpc) is 2.10. The van der Waals surface area contributed by atoms with E-state index in [1.165, 1.54) is 12.1 Å². The van der Waals surface area contributed by atoms with Crippen LogP contribution in [0.1, 0.15) is 11.1 Å². The predicted molar refractivity (Wildman–Crippen MR) is 51.9 cm³/mol. The van der Waals surface area contributed by atoms with E-state index in [-0.39, 0.29) is 22.2 Å². The molecule has 14 heavy (non-hydrogen) atoms. The van der Waals surface area contributed by atoms with Crippen molar-refractivity contribution in [3.8, 4) is 11.8 Å². The Morgan fingerprint density at radius 3 is 2.71 bits per heavy atom. The van der Waals surface area contributed by atoms with Gasteiger partial charge in [-0.3, -0.25) is 4.79 Å². The van der Waals surface area contributed by atoms with Gasteiger partial charge in [-0.1, -0.05) is 0 Å². The summed E-state index contributed by atoms with van der Waals surface area (Å²) in [6.45, 7) is 0. The fourth-order valence-electron chi connectivity index (χ4n) is 1.03. The van der Waals surface area contributed by atoms with Crippen LogP contribution < -0.4 is 0 Å². The Bertz CT molecular complexity index is 423. The molecule has 0 saturated heterocycles. The number of hydrogen-bond donors (Lipinski definition) is 2. The van der Waals surface area contributed by atoms with Crippen LogP contribution in [0, 0.1) is 11.3 Å². The second-order valence-corrected chi connectivity index (χ2v) is 3.45. The summed E-state index contributed by atoms with van der Waals surface area (Å²) >= 11 is 3.02. The van der Waals surface area contributed by atoms with Crippen LogP contribution >= 0.6 is 15.9 Å². The van der Waals surface area contributed by atoms with E-state index in [9.17, 15) is 9.90 Å². The number of halogens is 1. The molecule has 72 valence electrons. The van der Waals surface area contributed by atoms with E-state index in [1.54, 1.807) is 0 Å². The number of aliphatic carboxylic acids is 1. The second-order valence-electron chi connectivity index (χ2n) is 2.66. The zero-order chi connectivity index (χ0) is 10.7. The highest BCUT2D eigenvalue weighted by atomic mass is 79.9. The van der Waals surface area contributed by atoms with Crippen molar-refractivity contribution in [3.63, 3.8) is 0 Å². The Morgan fingerprint density at radius 1 is 1.57 bits per heavy atom. The van der Waals surface area contributed by atoms with Crippen LogP contribution in [0.25, 0.3) is 0 Å². The lowest BCUT2D eigenvalue weighted by Crippen LogP contribution is -2.00. The maximum Gasteiger partial charge on any atom is 0.307 e. The molecule has 5 heteroatoms. The van der Waals surface area contributed by atoms with Gasteiger partial charge in [0.05, 0.1) is 16.5 Å². The van der Waals surface area contributed by atoms with E-state index in [0.29, 0.717) is 5.56 Å². The van der Waals surface area contributed by atoms with E-state index < -0.39 is 5.97 Å². The van der Waals surface area contributed by atoms with Crippen molar-refractivity contribution in [2.45, 2.75) is 6.42 Å². The topological polar surface area (TPSA) is 81.3 Å².